The molecule has 4 nitrogen and oxygen atoms in total. The number of hydrogen-bond acceptors (Lipinski definition) is 3. The molecule has 2 rings (SSSR count). The van der Waals surface area contributed by atoms with Gasteiger partial charge in [-0.05, 0) is 35.9 Å². The molecule has 0 atom stereocenters. The lowest BCUT2D eigenvalue weighted by Crippen LogP contribution is -2.28. The van der Waals surface area contributed by atoms with Crippen molar-refractivity contribution in [3.63, 3.8) is 0 Å². The molecular weight excluding hydrogens is 320 g/mol. The van der Waals surface area contributed by atoms with Crippen LogP contribution in [0.5, 0.6) is 5.75 Å². The molecule has 0 saturated carbocycles. The monoisotopic (exact) mass is 334 g/mol. The lowest BCUT2D eigenvalue weighted by molar-refractivity contribution is -0.123. The molecular formula is C15H15BrN2O2. The van der Waals surface area contributed by atoms with Crippen molar-refractivity contribution in [1.82, 2.24) is 5.32 Å². The van der Waals surface area contributed by atoms with Crippen LogP contribution >= 0.6 is 15.9 Å². The minimum atomic E-state index is -0.169. The van der Waals surface area contributed by atoms with Crippen molar-refractivity contribution in [2.24, 2.45) is 0 Å². The van der Waals surface area contributed by atoms with Gasteiger partial charge in [0, 0.05) is 16.7 Å². The van der Waals surface area contributed by atoms with Crippen molar-refractivity contribution in [2.45, 2.75) is 6.54 Å². The van der Waals surface area contributed by atoms with E-state index in [1.807, 2.05) is 24.3 Å². The summed E-state index contributed by atoms with van der Waals surface area (Å²) >= 11 is 3.43. The maximum absolute atomic E-state index is 11.7. The zero-order chi connectivity index (χ0) is 14.4. The van der Waals surface area contributed by atoms with Crippen LogP contribution in [0.3, 0.4) is 0 Å². The van der Waals surface area contributed by atoms with Gasteiger partial charge in [0.2, 0.25) is 0 Å². The Bertz CT molecular complexity index is 585. The van der Waals surface area contributed by atoms with E-state index in [0.717, 1.165) is 10.0 Å². The SMILES string of the molecule is Nc1ccc(OCC(=O)NCc2ccccc2Br)cc1. The average molecular weight is 335 g/mol. The Morgan fingerprint density at radius 3 is 2.55 bits per heavy atom. The molecule has 5 heteroatoms. The standard InChI is InChI=1S/C15H15BrN2O2/c16-14-4-2-1-3-11(14)9-18-15(19)10-20-13-7-5-12(17)6-8-13/h1-8H,9-10,17H2,(H,18,19). The molecule has 0 heterocycles. The fourth-order valence-corrected chi connectivity index (χ4v) is 2.02. The van der Waals surface area contributed by atoms with E-state index in [2.05, 4.69) is 21.2 Å². The number of nitrogens with one attached hydrogen (secondary N) is 1. The van der Waals surface area contributed by atoms with Crippen LogP contribution in [0.15, 0.2) is 53.0 Å². The smallest absolute Gasteiger partial charge is 0.258 e. The van der Waals surface area contributed by atoms with E-state index in [9.17, 15) is 4.79 Å². The first-order valence-electron chi connectivity index (χ1n) is 6.13. The van der Waals surface area contributed by atoms with Gasteiger partial charge in [-0.3, -0.25) is 4.79 Å². The van der Waals surface area contributed by atoms with Crippen LogP contribution in [0.25, 0.3) is 0 Å². The predicted octanol–water partition coefficient (Wildman–Crippen LogP) is 2.73. The third-order valence-electron chi connectivity index (χ3n) is 2.68. The van der Waals surface area contributed by atoms with Crippen LogP contribution in [0.4, 0.5) is 5.69 Å². The second kappa shape index (κ2) is 6.96. The Labute approximate surface area is 126 Å². The summed E-state index contributed by atoms with van der Waals surface area (Å²) in [6.45, 7) is 0.444. The first kappa shape index (κ1) is 14.4. The van der Waals surface area contributed by atoms with E-state index in [-0.39, 0.29) is 12.5 Å². The van der Waals surface area contributed by atoms with Gasteiger partial charge >= 0.3 is 0 Å². The third kappa shape index (κ3) is 4.28. The Morgan fingerprint density at radius 2 is 1.85 bits per heavy atom. The first-order valence-corrected chi connectivity index (χ1v) is 6.93. The van der Waals surface area contributed by atoms with Gasteiger partial charge in [-0.2, -0.15) is 0 Å². The van der Waals surface area contributed by atoms with Gasteiger partial charge in [0.25, 0.3) is 5.91 Å². The van der Waals surface area contributed by atoms with Crippen molar-refractivity contribution < 1.29 is 9.53 Å². The molecule has 0 unspecified atom stereocenters. The van der Waals surface area contributed by atoms with Gasteiger partial charge < -0.3 is 15.8 Å². The molecule has 0 aliphatic heterocycles. The molecule has 20 heavy (non-hydrogen) atoms. The molecule has 2 aromatic rings. The van der Waals surface area contributed by atoms with E-state index in [1.165, 1.54) is 0 Å². The lowest BCUT2D eigenvalue weighted by atomic mass is 10.2. The van der Waals surface area contributed by atoms with E-state index < -0.39 is 0 Å². The molecule has 0 radical (unpaired) electrons. The number of benzene rings is 2. The van der Waals surface area contributed by atoms with Crippen LogP contribution in [-0.2, 0) is 11.3 Å². The number of rotatable bonds is 5. The van der Waals surface area contributed by atoms with Crippen LogP contribution in [0.1, 0.15) is 5.56 Å². The van der Waals surface area contributed by atoms with E-state index in [4.69, 9.17) is 10.5 Å². The molecule has 104 valence electrons. The summed E-state index contributed by atoms with van der Waals surface area (Å²) in [6.07, 6.45) is 0. The fraction of sp³-hybridized carbons (Fsp3) is 0.133. The third-order valence-corrected chi connectivity index (χ3v) is 3.46. The van der Waals surface area contributed by atoms with Crippen molar-refractivity contribution in [1.29, 1.82) is 0 Å². The normalized spacial score (nSPS) is 10.1. The number of ether oxygens (including phenoxy) is 1. The summed E-state index contributed by atoms with van der Waals surface area (Å²) in [6, 6.07) is 14.7. The molecule has 1 amide bonds. The highest BCUT2D eigenvalue weighted by Gasteiger charge is 2.04. The first-order chi connectivity index (χ1) is 9.65. The van der Waals surface area contributed by atoms with Crippen molar-refractivity contribution in [2.75, 3.05) is 12.3 Å². The molecule has 0 aromatic heterocycles. The minimum absolute atomic E-state index is 0.0195. The molecule has 0 fully saturated rings. The zero-order valence-electron chi connectivity index (χ0n) is 10.8. The molecule has 0 saturated heterocycles. The molecule has 0 bridgehead atoms. The number of halogens is 1. The summed E-state index contributed by atoms with van der Waals surface area (Å²) in [4.78, 5) is 11.7. The van der Waals surface area contributed by atoms with Gasteiger partial charge in [0.05, 0.1) is 0 Å². The number of amides is 1. The largest absolute Gasteiger partial charge is 0.484 e. The maximum atomic E-state index is 11.7. The molecule has 0 spiro atoms. The highest BCUT2D eigenvalue weighted by Crippen LogP contribution is 2.15. The Kier molecular flexibility index (Phi) is 5.01. The quantitative estimate of drug-likeness (QED) is 0.826. The van der Waals surface area contributed by atoms with Crippen LogP contribution in [0, 0.1) is 0 Å². The molecule has 3 N–H and O–H groups in total. The summed E-state index contributed by atoms with van der Waals surface area (Å²) in [5.74, 6) is 0.452. The number of nitrogen functional groups attached to an aromatic ring is 1. The average Bonchev–Trinajstić information content (AvgIpc) is 2.46. The molecule has 2 aromatic carbocycles. The number of carbonyl (C=O) groups excluding carboxylic acids is 1. The van der Waals surface area contributed by atoms with E-state index in [0.29, 0.717) is 18.0 Å². The summed E-state index contributed by atoms with van der Waals surface area (Å²) in [5.41, 5.74) is 7.25. The summed E-state index contributed by atoms with van der Waals surface area (Å²) in [5, 5.41) is 2.80. The van der Waals surface area contributed by atoms with E-state index in [1.54, 1.807) is 24.3 Å². The zero-order valence-corrected chi connectivity index (χ0v) is 12.4. The number of carbonyl (C=O) groups is 1. The molecule has 0 aliphatic rings. The van der Waals surface area contributed by atoms with Crippen molar-refractivity contribution >= 4 is 27.5 Å². The highest BCUT2D eigenvalue weighted by atomic mass is 79.9. The summed E-state index contributed by atoms with van der Waals surface area (Å²) < 4.78 is 6.33. The second-order valence-corrected chi connectivity index (χ2v) is 5.08. The number of anilines is 1. The number of hydrogen-bond donors (Lipinski definition) is 2. The molecule has 0 aliphatic carbocycles. The Balaban J connectivity index is 1.78. The van der Waals surface area contributed by atoms with Crippen LogP contribution in [0.2, 0.25) is 0 Å². The topological polar surface area (TPSA) is 64.3 Å². The van der Waals surface area contributed by atoms with Gasteiger partial charge in [-0.1, -0.05) is 34.1 Å². The Morgan fingerprint density at radius 1 is 1.15 bits per heavy atom. The highest BCUT2D eigenvalue weighted by molar-refractivity contribution is 9.10. The second-order valence-electron chi connectivity index (χ2n) is 4.23. The van der Waals surface area contributed by atoms with Gasteiger partial charge in [-0.25, -0.2) is 0 Å². The predicted molar refractivity (Wildman–Crippen MR) is 82.3 cm³/mol. The maximum Gasteiger partial charge on any atom is 0.258 e. The van der Waals surface area contributed by atoms with Crippen molar-refractivity contribution in [3.8, 4) is 5.75 Å². The number of nitrogens with two attached hydrogens (primary N) is 1. The lowest BCUT2D eigenvalue weighted by Gasteiger charge is -2.08. The van der Waals surface area contributed by atoms with Gasteiger partial charge in [0.15, 0.2) is 6.61 Å². The van der Waals surface area contributed by atoms with Crippen LogP contribution < -0.4 is 15.8 Å². The fourth-order valence-electron chi connectivity index (χ4n) is 1.60. The van der Waals surface area contributed by atoms with E-state index >= 15 is 0 Å². The Hall–Kier alpha value is -2.01. The van der Waals surface area contributed by atoms with Gasteiger partial charge in [0.1, 0.15) is 5.75 Å². The van der Waals surface area contributed by atoms with Crippen molar-refractivity contribution in [3.05, 3.63) is 58.6 Å². The van der Waals surface area contributed by atoms with Gasteiger partial charge in [-0.15, -0.1) is 0 Å². The van der Waals surface area contributed by atoms with Crippen LogP contribution in [-0.4, -0.2) is 12.5 Å². The minimum Gasteiger partial charge on any atom is -0.484 e. The summed E-state index contributed by atoms with van der Waals surface area (Å²) in [7, 11) is 0.